The maximum Gasteiger partial charge on any atom is 0.442 e. The molecule has 0 aliphatic heterocycles. The van der Waals surface area contributed by atoms with Crippen molar-refractivity contribution in [2.24, 2.45) is 0 Å². The van der Waals surface area contributed by atoms with Gasteiger partial charge in [0.25, 0.3) is 0 Å². The van der Waals surface area contributed by atoms with Crippen LogP contribution in [0.1, 0.15) is 0 Å². The Bertz CT molecular complexity index is 957. The number of nitrogens with one attached hydrogen (secondary N) is 2. The van der Waals surface area contributed by atoms with E-state index in [1.807, 2.05) is 30.3 Å². The third-order valence-electron chi connectivity index (χ3n) is 3.17. The maximum atomic E-state index is 12.1. The molecule has 0 fully saturated rings. The van der Waals surface area contributed by atoms with Gasteiger partial charge in [-0.15, -0.1) is 0 Å². The number of thioether (sulfide) groups is 1. The van der Waals surface area contributed by atoms with Gasteiger partial charge in [-0.3, -0.25) is 9.32 Å². The molecule has 6 nitrogen and oxygen atoms in total. The minimum Gasteiger partial charge on any atom is -0.325 e. The Labute approximate surface area is 156 Å². The van der Waals surface area contributed by atoms with Gasteiger partial charge in [-0.1, -0.05) is 41.4 Å². The summed E-state index contributed by atoms with van der Waals surface area (Å²) in [5.41, 5.74) is 0.703. The number of para-hydroxylation sites is 1. The lowest BCUT2D eigenvalue weighted by Gasteiger charge is -2.05. The van der Waals surface area contributed by atoms with E-state index in [1.165, 1.54) is 4.68 Å². The Kier molecular flexibility index (Phi) is 5.47. The van der Waals surface area contributed by atoms with Crippen LogP contribution < -0.4 is 15.6 Å². The molecule has 0 aliphatic carbocycles. The molecule has 9 heteroatoms. The quantitative estimate of drug-likeness (QED) is 0.512. The van der Waals surface area contributed by atoms with E-state index < -0.39 is 5.63 Å². The van der Waals surface area contributed by atoms with Gasteiger partial charge in [-0.05, 0) is 39.9 Å². The third-order valence-corrected chi connectivity index (χ3v) is 4.93. The molecule has 25 heavy (non-hydrogen) atoms. The summed E-state index contributed by atoms with van der Waals surface area (Å²) in [5.74, 6) is -0.265. The Morgan fingerprint density at radius 3 is 2.64 bits per heavy atom. The first kappa shape index (κ1) is 17.6. The van der Waals surface area contributed by atoms with E-state index in [0.29, 0.717) is 15.7 Å². The van der Waals surface area contributed by atoms with Crippen molar-refractivity contribution in [3.05, 3.63) is 69.0 Å². The maximum absolute atomic E-state index is 12.1. The van der Waals surface area contributed by atoms with Crippen molar-refractivity contribution in [3.63, 3.8) is 0 Å². The monoisotopic (exact) mass is 396 g/mol. The number of aromatic nitrogens is 2. The molecule has 0 aliphatic rings. The fourth-order valence-electron chi connectivity index (χ4n) is 2.04. The van der Waals surface area contributed by atoms with Crippen LogP contribution in [0.3, 0.4) is 0 Å². The second kappa shape index (κ2) is 7.77. The Morgan fingerprint density at radius 2 is 1.92 bits per heavy atom. The van der Waals surface area contributed by atoms with Gasteiger partial charge in [-0.25, -0.2) is 4.79 Å². The predicted octanol–water partition coefficient (Wildman–Crippen LogP) is 3.28. The second-order valence-electron chi connectivity index (χ2n) is 4.92. The Balaban J connectivity index is 1.69. The zero-order valence-corrected chi connectivity index (χ0v) is 15.0. The number of hydrogen-bond donors (Lipinski definition) is 2. The zero-order valence-electron chi connectivity index (χ0n) is 12.7. The minimum absolute atomic E-state index is 0.0235. The highest BCUT2D eigenvalue weighted by molar-refractivity contribution is 7.99. The van der Waals surface area contributed by atoms with Crippen LogP contribution in [-0.2, 0) is 4.79 Å². The number of hydrogen-bond acceptors (Lipinski definition) is 4. The van der Waals surface area contributed by atoms with E-state index >= 15 is 0 Å². The SMILES string of the molecule is O=C(CSc1c(=O)o[nH][n+]1-c1ccccc1)Nc1ccc(Cl)c(Cl)c1. The van der Waals surface area contributed by atoms with Gasteiger partial charge in [0.15, 0.2) is 0 Å². The van der Waals surface area contributed by atoms with E-state index in [-0.39, 0.29) is 16.7 Å². The van der Waals surface area contributed by atoms with E-state index in [2.05, 4.69) is 10.6 Å². The lowest BCUT2D eigenvalue weighted by Crippen LogP contribution is -2.36. The lowest BCUT2D eigenvalue weighted by atomic mass is 10.3. The molecule has 0 unspecified atom stereocenters. The van der Waals surface area contributed by atoms with Crippen LogP contribution >= 0.6 is 35.0 Å². The number of rotatable bonds is 5. The lowest BCUT2D eigenvalue weighted by molar-refractivity contribution is -0.704. The number of halogens is 2. The van der Waals surface area contributed by atoms with Crippen LogP contribution in [0, 0.1) is 0 Å². The van der Waals surface area contributed by atoms with Crippen molar-refractivity contribution in [3.8, 4) is 5.69 Å². The average Bonchev–Trinajstić information content (AvgIpc) is 2.98. The molecular formula is C16H12Cl2N3O3S+. The van der Waals surface area contributed by atoms with Gasteiger partial charge in [0.05, 0.1) is 15.8 Å². The van der Waals surface area contributed by atoms with Crippen LogP contribution in [0.15, 0.2) is 62.9 Å². The second-order valence-corrected chi connectivity index (χ2v) is 6.70. The zero-order chi connectivity index (χ0) is 17.8. The third kappa shape index (κ3) is 4.25. The first-order valence-electron chi connectivity index (χ1n) is 7.11. The summed E-state index contributed by atoms with van der Waals surface area (Å²) in [6, 6.07) is 13.9. The number of benzene rings is 2. The van der Waals surface area contributed by atoms with Crippen LogP contribution in [0.25, 0.3) is 5.69 Å². The normalized spacial score (nSPS) is 10.6. The number of carbonyl (C=O) groups excluding carboxylic acids is 1. The van der Waals surface area contributed by atoms with Gasteiger partial charge < -0.3 is 5.32 Å². The van der Waals surface area contributed by atoms with Crippen LogP contribution in [0.5, 0.6) is 0 Å². The smallest absolute Gasteiger partial charge is 0.325 e. The number of nitrogens with zero attached hydrogens (tertiary/aromatic N) is 1. The number of carbonyl (C=O) groups is 1. The summed E-state index contributed by atoms with van der Waals surface area (Å²) >= 11 is 12.8. The molecule has 0 saturated heterocycles. The minimum atomic E-state index is -0.545. The van der Waals surface area contributed by atoms with Crippen molar-refractivity contribution in [2.45, 2.75) is 5.03 Å². The number of anilines is 1. The number of amides is 1. The molecule has 3 rings (SSSR count). The highest BCUT2D eigenvalue weighted by Gasteiger charge is 2.24. The first-order valence-corrected chi connectivity index (χ1v) is 8.85. The fourth-order valence-corrected chi connectivity index (χ4v) is 3.11. The predicted molar refractivity (Wildman–Crippen MR) is 96.7 cm³/mol. The van der Waals surface area contributed by atoms with Crippen LogP contribution in [-0.4, -0.2) is 16.9 Å². The Hall–Kier alpha value is -2.22. The fraction of sp³-hybridized carbons (Fsp3) is 0.0625. The average molecular weight is 397 g/mol. The highest BCUT2D eigenvalue weighted by Crippen LogP contribution is 2.25. The molecule has 2 aromatic carbocycles. The molecule has 1 heterocycles. The van der Waals surface area contributed by atoms with Gasteiger partial charge in [0.2, 0.25) is 11.6 Å². The Morgan fingerprint density at radius 1 is 1.16 bits per heavy atom. The molecule has 1 amide bonds. The van der Waals surface area contributed by atoms with Crippen molar-refractivity contribution < 1.29 is 14.0 Å². The van der Waals surface area contributed by atoms with E-state index in [4.69, 9.17) is 27.7 Å². The summed E-state index contributed by atoms with van der Waals surface area (Å²) in [6.07, 6.45) is 0. The largest absolute Gasteiger partial charge is 0.442 e. The molecule has 0 bridgehead atoms. The van der Waals surface area contributed by atoms with Gasteiger partial charge in [-0.2, -0.15) is 0 Å². The summed E-state index contributed by atoms with van der Waals surface area (Å²) < 4.78 is 6.31. The molecule has 0 radical (unpaired) electrons. The molecule has 0 spiro atoms. The topological polar surface area (TPSA) is 79.0 Å². The van der Waals surface area contributed by atoms with Gasteiger partial charge in [0, 0.05) is 17.8 Å². The molecule has 2 N–H and O–H groups in total. The molecule has 1 aromatic heterocycles. The molecule has 3 aromatic rings. The number of aromatic amines is 1. The standard InChI is InChI=1S/C16H11Cl2N3O3S/c17-12-7-6-10(8-13(12)18)19-14(22)9-25-15-16(23)24-20-21(15)11-4-2-1-3-5-11/h1-8H,9H2,(H-,19,20,22,23)/p+1. The molecule has 128 valence electrons. The van der Waals surface area contributed by atoms with Crippen LogP contribution in [0.4, 0.5) is 5.69 Å². The van der Waals surface area contributed by atoms with Crippen molar-refractivity contribution in [1.29, 1.82) is 0 Å². The summed E-state index contributed by atoms with van der Waals surface area (Å²) in [6.45, 7) is 0. The van der Waals surface area contributed by atoms with Gasteiger partial charge in [0.1, 0.15) is 0 Å². The number of H-pyrrole nitrogens is 1. The highest BCUT2D eigenvalue weighted by atomic mass is 35.5. The van der Waals surface area contributed by atoms with Crippen LogP contribution in [0.2, 0.25) is 10.0 Å². The van der Waals surface area contributed by atoms with Crippen molar-refractivity contribution in [2.75, 3.05) is 11.1 Å². The summed E-state index contributed by atoms with van der Waals surface area (Å²) in [7, 11) is 0. The molecule has 0 saturated carbocycles. The van der Waals surface area contributed by atoms with Crippen molar-refractivity contribution >= 4 is 46.6 Å². The van der Waals surface area contributed by atoms with Crippen molar-refractivity contribution in [1.82, 2.24) is 5.27 Å². The molecule has 0 atom stereocenters. The van der Waals surface area contributed by atoms with Gasteiger partial charge >= 0.3 is 10.7 Å². The van der Waals surface area contributed by atoms with E-state index in [9.17, 15) is 9.59 Å². The summed E-state index contributed by atoms with van der Waals surface area (Å²) in [5, 5.41) is 6.24. The van der Waals surface area contributed by atoms with E-state index in [0.717, 1.165) is 17.4 Å². The van der Waals surface area contributed by atoms with E-state index in [1.54, 1.807) is 18.2 Å². The first-order chi connectivity index (χ1) is 12.0. The summed E-state index contributed by atoms with van der Waals surface area (Å²) in [4.78, 5) is 24.0. The molecular weight excluding hydrogens is 385 g/mol.